The van der Waals surface area contributed by atoms with Crippen LogP contribution in [0.25, 0.3) is 0 Å². The van der Waals surface area contributed by atoms with Crippen molar-refractivity contribution in [3.05, 3.63) is 12.2 Å². The predicted octanol–water partition coefficient (Wildman–Crippen LogP) is 4.62. The summed E-state index contributed by atoms with van der Waals surface area (Å²) in [5.41, 5.74) is 0. The van der Waals surface area contributed by atoms with Crippen molar-refractivity contribution in [1.82, 2.24) is 5.32 Å². The van der Waals surface area contributed by atoms with Gasteiger partial charge in [0.1, 0.15) is 30.5 Å². The van der Waals surface area contributed by atoms with Gasteiger partial charge >= 0.3 is 10.4 Å². The third-order valence-electron chi connectivity index (χ3n) is 9.18. The highest BCUT2D eigenvalue weighted by Gasteiger charge is 2.48. The normalized spacial score (nSPS) is 23.2. The number of ether oxygens (including phenoxy) is 2. The van der Waals surface area contributed by atoms with Crippen LogP contribution in [-0.4, -0.2) is 107 Å². The van der Waals surface area contributed by atoms with E-state index in [1.54, 1.807) is 0 Å². The van der Waals surface area contributed by atoms with Crippen molar-refractivity contribution in [2.75, 3.05) is 13.2 Å². The second kappa shape index (κ2) is 28.3. The van der Waals surface area contributed by atoms with Crippen molar-refractivity contribution < 1.29 is 57.0 Å². The molecule has 14 heteroatoms. The molecule has 1 aliphatic rings. The number of aliphatic hydroxyl groups is 5. The minimum Gasteiger partial charge on any atom is -0.394 e. The second-order valence-corrected chi connectivity index (χ2v) is 14.7. The smallest absolute Gasteiger partial charge is 0.394 e. The molecule has 1 rings (SSSR count). The molecule has 0 aromatic rings. The van der Waals surface area contributed by atoms with Crippen molar-refractivity contribution in [1.29, 1.82) is 0 Å². The van der Waals surface area contributed by atoms with Gasteiger partial charge in [-0.1, -0.05) is 142 Å². The number of rotatable bonds is 31. The fourth-order valence-electron chi connectivity index (χ4n) is 6.05. The fraction of sp³-hybridized carbons (Fsp3) is 0.917. The van der Waals surface area contributed by atoms with Crippen LogP contribution in [0.1, 0.15) is 149 Å². The van der Waals surface area contributed by atoms with E-state index in [9.17, 15) is 38.7 Å². The summed E-state index contributed by atoms with van der Waals surface area (Å²) >= 11 is 0. The Morgan fingerprint density at radius 1 is 0.800 bits per heavy atom. The van der Waals surface area contributed by atoms with Crippen LogP contribution in [0.2, 0.25) is 0 Å². The van der Waals surface area contributed by atoms with Gasteiger partial charge in [0.15, 0.2) is 6.29 Å². The van der Waals surface area contributed by atoms with Crippen molar-refractivity contribution in [2.24, 2.45) is 0 Å². The standard InChI is InChI=1S/C36H69NO12S/c1-3-5-7-9-11-13-15-17-19-21-23-25-30(40)35(43)37-28(29(39)24-22-20-18-16-14-12-10-8-6-4-2)27-47-36-33(42)34(49-50(44,45)46)32(41)31(26-38)48-36/h22,24,28-34,36,38-42H,3-21,23,25-27H2,1-2H3,(H,37,43)(H,44,45,46)/b24-22+. The van der Waals surface area contributed by atoms with Crippen molar-refractivity contribution in [2.45, 2.75) is 198 Å². The highest BCUT2D eigenvalue weighted by molar-refractivity contribution is 7.80. The van der Waals surface area contributed by atoms with E-state index >= 15 is 0 Å². The molecular weight excluding hydrogens is 670 g/mol. The first-order valence-corrected chi connectivity index (χ1v) is 20.5. The summed E-state index contributed by atoms with van der Waals surface area (Å²) in [6, 6.07) is -1.11. The number of allylic oxidation sites excluding steroid dienone is 1. The molecule has 7 N–H and O–H groups in total. The van der Waals surface area contributed by atoms with E-state index in [1.165, 1.54) is 83.1 Å². The maximum absolute atomic E-state index is 13.0. The minimum absolute atomic E-state index is 0.246. The maximum atomic E-state index is 13.0. The van der Waals surface area contributed by atoms with Gasteiger partial charge in [-0.15, -0.1) is 0 Å². The molecule has 0 spiro atoms. The van der Waals surface area contributed by atoms with E-state index < -0.39 is 78.5 Å². The Morgan fingerprint density at radius 3 is 1.80 bits per heavy atom. The summed E-state index contributed by atoms with van der Waals surface area (Å²) in [5, 5.41) is 54.7. The zero-order chi connectivity index (χ0) is 37.2. The average Bonchev–Trinajstić information content (AvgIpc) is 3.08. The summed E-state index contributed by atoms with van der Waals surface area (Å²) in [6.07, 6.45) is 14.7. The molecule has 50 heavy (non-hydrogen) atoms. The van der Waals surface area contributed by atoms with Crippen LogP contribution < -0.4 is 5.32 Å². The van der Waals surface area contributed by atoms with Crippen LogP contribution in [0.4, 0.5) is 0 Å². The van der Waals surface area contributed by atoms with Gasteiger partial charge < -0.3 is 40.3 Å². The third kappa shape index (κ3) is 21.4. The number of amides is 1. The molecule has 1 aliphatic heterocycles. The van der Waals surface area contributed by atoms with Gasteiger partial charge in [-0.05, 0) is 19.3 Å². The van der Waals surface area contributed by atoms with Gasteiger partial charge in [-0.3, -0.25) is 9.35 Å². The molecule has 8 unspecified atom stereocenters. The van der Waals surface area contributed by atoms with E-state index in [0.29, 0.717) is 12.8 Å². The molecule has 0 bridgehead atoms. The third-order valence-corrected chi connectivity index (χ3v) is 9.64. The van der Waals surface area contributed by atoms with E-state index in [-0.39, 0.29) is 6.42 Å². The maximum Gasteiger partial charge on any atom is 0.397 e. The Kier molecular flexibility index (Phi) is 26.5. The number of nitrogens with one attached hydrogen (secondary N) is 1. The molecule has 13 nitrogen and oxygen atoms in total. The first-order chi connectivity index (χ1) is 23.9. The van der Waals surface area contributed by atoms with Crippen molar-refractivity contribution in [3.8, 4) is 0 Å². The summed E-state index contributed by atoms with van der Waals surface area (Å²) in [7, 11) is -5.11. The Morgan fingerprint density at radius 2 is 1.30 bits per heavy atom. The lowest BCUT2D eigenvalue weighted by atomic mass is 9.99. The summed E-state index contributed by atoms with van der Waals surface area (Å²) in [6.45, 7) is 3.14. The Bertz CT molecular complexity index is 984. The summed E-state index contributed by atoms with van der Waals surface area (Å²) < 4.78 is 47.2. The number of hydrogen-bond acceptors (Lipinski definition) is 11. The summed E-state index contributed by atoms with van der Waals surface area (Å²) in [5.74, 6) is -0.706. The van der Waals surface area contributed by atoms with E-state index in [0.717, 1.165) is 38.5 Å². The van der Waals surface area contributed by atoms with Crippen LogP contribution in [0, 0.1) is 0 Å². The number of aliphatic hydroxyl groups excluding tert-OH is 5. The number of hydrogen-bond donors (Lipinski definition) is 7. The molecular formula is C36H69NO12S. The van der Waals surface area contributed by atoms with Gasteiger partial charge in [-0.25, -0.2) is 4.18 Å². The van der Waals surface area contributed by atoms with Crippen molar-refractivity contribution >= 4 is 16.3 Å². The lowest BCUT2D eigenvalue weighted by Crippen LogP contribution is -2.61. The van der Waals surface area contributed by atoms with Gasteiger partial charge in [0.05, 0.1) is 25.4 Å². The molecule has 1 fully saturated rings. The zero-order valence-corrected chi connectivity index (χ0v) is 31.4. The van der Waals surface area contributed by atoms with Crippen molar-refractivity contribution in [3.63, 3.8) is 0 Å². The first kappa shape index (κ1) is 46.8. The molecule has 8 atom stereocenters. The average molecular weight is 740 g/mol. The number of unbranched alkanes of at least 4 members (excludes halogenated alkanes) is 18. The van der Waals surface area contributed by atoms with Gasteiger partial charge in [0.2, 0.25) is 5.91 Å². The fourth-order valence-corrected chi connectivity index (χ4v) is 6.56. The SMILES string of the molecule is CCCCCCCCCC/C=C/C(O)C(COC1OC(CO)C(O)C(OS(=O)(=O)O)C1O)NC(=O)C(O)CCCCCCCCCCCCC. The molecule has 0 aromatic heterocycles. The Balaban J connectivity index is 2.72. The van der Waals surface area contributed by atoms with Gasteiger partial charge in [0, 0.05) is 0 Å². The summed E-state index contributed by atoms with van der Waals surface area (Å²) in [4.78, 5) is 13.0. The van der Waals surface area contributed by atoms with Crippen LogP contribution >= 0.6 is 0 Å². The van der Waals surface area contributed by atoms with E-state index in [4.69, 9.17) is 14.0 Å². The number of carbonyl (C=O) groups excluding carboxylic acids is 1. The molecule has 0 saturated carbocycles. The molecule has 0 aromatic carbocycles. The highest BCUT2D eigenvalue weighted by atomic mass is 32.3. The monoisotopic (exact) mass is 739 g/mol. The molecule has 0 aliphatic carbocycles. The van der Waals surface area contributed by atoms with E-state index in [1.807, 2.05) is 6.08 Å². The molecule has 1 saturated heterocycles. The first-order valence-electron chi connectivity index (χ1n) is 19.2. The molecule has 1 amide bonds. The lowest BCUT2D eigenvalue weighted by molar-refractivity contribution is -0.298. The van der Waals surface area contributed by atoms with Crippen LogP contribution in [0.3, 0.4) is 0 Å². The minimum atomic E-state index is -5.11. The lowest BCUT2D eigenvalue weighted by Gasteiger charge is -2.41. The highest BCUT2D eigenvalue weighted by Crippen LogP contribution is 2.26. The molecule has 296 valence electrons. The van der Waals surface area contributed by atoms with Crippen LogP contribution in [-0.2, 0) is 28.9 Å². The Labute approximate surface area is 301 Å². The topological polar surface area (TPSA) is 212 Å². The molecule has 0 radical (unpaired) electrons. The number of carbonyl (C=O) groups is 1. The largest absolute Gasteiger partial charge is 0.397 e. The van der Waals surface area contributed by atoms with Crippen LogP contribution in [0.15, 0.2) is 12.2 Å². The Hall–Kier alpha value is -1.20. The zero-order valence-electron chi connectivity index (χ0n) is 30.6. The molecule has 1 heterocycles. The van der Waals surface area contributed by atoms with Gasteiger partial charge in [0.25, 0.3) is 0 Å². The second-order valence-electron chi connectivity index (χ2n) is 13.7. The van der Waals surface area contributed by atoms with E-state index in [2.05, 4.69) is 23.3 Å². The quantitative estimate of drug-likeness (QED) is 0.0295. The van der Waals surface area contributed by atoms with Gasteiger partial charge in [-0.2, -0.15) is 8.42 Å². The van der Waals surface area contributed by atoms with Crippen LogP contribution in [0.5, 0.6) is 0 Å². The predicted molar refractivity (Wildman–Crippen MR) is 192 cm³/mol.